The number of hydrogen-bond acceptors (Lipinski definition) is 2. The molecule has 0 saturated heterocycles. The van der Waals surface area contributed by atoms with Crippen molar-refractivity contribution in [3.63, 3.8) is 0 Å². The second-order valence-corrected chi connectivity index (χ2v) is 4.67. The van der Waals surface area contributed by atoms with Crippen LogP contribution in [-0.2, 0) is 0 Å². The van der Waals surface area contributed by atoms with E-state index in [0.29, 0.717) is 12.5 Å². The van der Waals surface area contributed by atoms with Crippen molar-refractivity contribution in [3.8, 4) is 0 Å². The quantitative estimate of drug-likeness (QED) is 0.836. The average molecular weight is 245 g/mol. The first-order valence-electron chi connectivity index (χ1n) is 5.43. The molecule has 1 atom stereocenters. The van der Waals surface area contributed by atoms with Gasteiger partial charge in [-0.1, -0.05) is 31.5 Å². The van der Waals surface area contributed by atoms with Crippen molar-refractivity contribution in [1.82, 2.24) is 5.32 Å². The summed E-state index contributed by atoms with van der Waals surface area (Å²) in [6.45, 7) is 5.52. The lowest BCUT2D eigenvalue weighted by atomic mass is 10.1. The van der Waals surface area contributed by atoms with Gasteiger partial charge in [-0.3, -0.25) is 0 Å². The molecular weight excluding hydrogens is 227 g/mol. The second kappa shape index (κ2) is 6.18. The number of halogens is 2. The van der Waals surface area contributed by atoms with Crippen LogP contribution in [0.2, 0.25) is 5.02 Å². The van der Waals surface area contributed by atoms with Gasteiger partial charge in [0, 0.05) is 12.6 Å². The smallest absolute Gasteiger partial charge is 0.142 e. The van der Waals surface area contributed by atoms with Crippen LogP contribution in [0.5, 0.6) is 0 Å². The molecule has 1 unspecified atom stereocenters. The molecule has 1 rings (SSSR count). The first-order valence-corrected chi connectivity index (χ1v) is 5.80. The van der Waals surface area contributed by atoms with Gasteiger partial charge in [-0.25, -0.2) is 4.39 Å². The van der Waals surface area contributed by atoms with Crippen molar-refractivity contribution >= 4 is 11.6 Å². The van der Waals surface area contributed by atoms with Gasteiger partial charge in [-0.15, -0.1) is 0 Å². The van der Waals surface area contributed by atoms with E-state index in [-0.39, 0.29) is 11.1 Å². The molecule has 0 radical (unpaired) electrons. The highest BCUT2D eigenvalue weighted by Crippen LogP contribution is 2.19. The Bertz CT molecular complexity index is 342. The maximum atomic E-state index is 13.3. The SMILES string of the molecule is CC(C)CNC(CN)c1ccc(Cl)c(F)c1. The molecule has 0 fully saturated rings. The third-order valence-electron chi connectivity index (χ3n) is 2.35. The predicted molar refractivity (Wildman–Crippen MR) is 66.0 cm³/mol. The molecule has 0 saturated carbocycles. The van der Waals surface area contributed by atoms with E-state index >= 15 is 0 Å². The maximum Gasteiger partial charge on any atom is 0.142 e. The molecule has 1 aromatic rings. The molecule has 0 spiro atoms. The topological polar surface area (TPSA) is 38.0 Å². The zero-order chi connectivity index (χ0) is 12.1. The Kier molecular flexibility index (Phi) is 5.19. The normalized spacial score (nSPS) is 13.1. The molecule has 0 amide bonds. The van der Waals surface area contributed by atoms with E-state index in [9.17, 15) is 4.39 Å². The summed E-state index contributed by atoms with van der Waals surface area (Å²) in [5.41, 5.74) is 6.50. The number of nitrogens with one attached hydrogen (secondary N) is 1. The van der Waals surface area contributed by atoms with E-state index in [1.165, 1.54) is 6.07 Å². The summed E-state index contributed by atoms with van der Waals surface area (Å²) in [5, 5.41) is 3.44. The van der Waals surface area contributed by atoms with Crippen LogP contribution < -0.4 is 11.1 Å². The van der Waals surface area contributed by atoms with Crippen molar-refractivity contribution in [2.45, 2.75) is 19.9 Å². The van der Waals surface area contributed by atoms with Crippen molar-refractivity contribution in [1.29, 1.82) is 0 Å². The lowest BCUT2D eigenvalue weighted by molar-refractivity contribution is 0.477. The lowest BCUT2D eigenvalue weighted by Gasteiger charge is -2.19. The molecule has 0 heterocycles. The zero-order valence-corrected chi connectivity index (χ0v) is 10.4. The summed E-state index contributed by atoms with van der Waals surface area (Å²) in [6.07, 6.45) is 0. The monoisotopic (exact) mass is 244 g/mol. The van der Waals surface area contributed by atoms with Crippen LogP contribution in [0.4, 0.5) is 4.39 Å². The highest BCUT2D eigenvalue weighted by Gasteiger charge is 2.11. The zero-order valence-electron chi connectivity index (χ0n) is 9.63. The van der Waals surface area contributed by atoms with Crippen LogP contribution in [0.25, 0.3) is 0 Å². The molecule has 0 aliphatic heterocycles. The standard InChI is InChI=1S/C12H18ClFN2/c1-8(2)7-16-12(6-15)9-3-4-10(13)11(14)5-9/h3-5,8,12,16H,6-7,15H2,1-2H3. The fourth-order valence-corrected chi connectivity index (χ4v) is 1.56. The van der Waals surface area contributed by atoms with E-state index in [2.05, 4.69) is 19.2 Å². The van der Waals surface area contributed by atoms with Gasteiger partial charge < -0.3 is 11.1 Å². The summed E-state index contributed by atoms with van der Waals surface area (Å²) >= 11 is 5.63. The highest BCUT2D eigenvalue weighted by atomic mass is 35.5. The molecule has 0 bridgehead atoms. The van der Waals surface area contributed by atoms with Gasteiger partial charge in [0.25, 0.3) is 0 Å². The Balaban J connectivity index is 2.74. The second-order valence-electron chi connectivity index (χ2n) is 4.26. The average Bonchev–Trinajstić information content (AvgIpc) is 2.23. The lowest BCUT2D eigenvalue weighted by Crippen LogP contribution is -2.31. The van der Waals surface area contributed by atoms with Gasteiger partial charge >= 0.3 is 0 Å². The van der Waals surface area contributed by atoms with Crippen LogP contribution in [0.3, 0.4) is 0 Å². The predicted octanol–water partition coefficient (Wildman–Crippen LogP) is 2.72. The molecule has 1 aromatic carbocycles. The fraction of sp³-hybridized carbons (Fsp3) is 0.500. The van der Waals surface area contributed by atoms with Crippen molar-refractivity contribution in [3.05, 3.63) is 34.6 Å². The van der Waals surface area contributed by atoms with E-state index in [0.717, 1.165) is 12.1 Å². The first kappa shape index (κ1) is 13.4. The third kappa shape index (κ3) is 3.74. The molecule has 0 aromatic heterocycles. The van der Waals surface area contributed by atoms with Gasteiger partial charge in [0.2, 0.25) is 0 Å². The van der Waals surface area contributed by atoms with Crippen LogP contribution in [0.1, 0.15) is 25.5 Å². The fourth-order valence-electron chi connectivity index (χ4n) is 1.44. The van der Waals surface area contributed by atoms with Gasteiger partial charge in [0.05, 0.1) is 5.02 Å². The molecule has 4 heteroatoms. The minimum absolute atomic E-state index is 0.0193. The van der Waals surface area contributed by atoms with Crippen LogP contribution >= 0.6 is 11.6 Å². The summed E-state index contributed by atoms with van der Waals surface area (Å²) in [7, 11) is 0. The first-order chi connectivity index (χ1) is 7.54. The maximum absolute atomic E-state index is 13.3. The number of rotatable bonds is 5. The minimum Gasteiger partial charge on any atom is -0.329 e. The number of nitrogens with two attached hydrogens (primary N) is 1. The largest absolute Gasteiger partial charge is 0.329 e. The number of benzene rings is 1. The molecule has 16 heavy (non-hydrogen) atoms. The molecule has 0 aliphatic rings. The molecule has 2 nitrogen and oxygen atoms in total. The van der Waals surface area contributed by atoms with Gasteiger partial charge in [-0.05, 0) is 30.2 Å². The Hall–Kier alpha value is -0.640. The Labute approximate surface area is 101 Å². The van der Waals surface area contributed by atoms with Crippen molar-refractivity contribution in [2.24, 2.45) is 11.7 Å². The summed E-state index contributed by atoms with van der Waals surface area (Å²) in [6, 6.07) is 4.78. The summed E-state index contributed by atoms with van der Waals surface area (Å²) in [5.74, 6) is 0.134. The molecular formula is C12H18ClFN2. The Morgan fingerprint density at radius 1 is 1.44 bits per heavy atom. The van der Waals surface area contributed by atoms with Gasteiger partial charge in [0.1, 0.15) is 5.82 Å². The molecule has 90 valence electrons. The van der Waals surface area contributed by atoms with Crippen LogP contribution in [0, 0.1) is 11.7 Å². The molecule has 3 N–H and O–H groups in total. The minimum atomic E-state index is -0.399. The summed E-state index contributed by atoms with van der Waals surface area (Å²) < 4.78 is 13.3. The van der Waals surface area contributed by atoms with Crippen molar-refractivity contribution in [2.75, 3.05) is 13.1 Å². The Morgan fingerprint density at radius 2 is 2.12 bits per heavy atom. The van der Waals surface area contributed by atoms with E-state index in [4.69, 9.17) is 17.3 Å². The Morgan fingerprint density at radius 3 is 2.62 bits per heavy atom. The third-order valence-corrected chi connectivity index (χ3v) is 2.66. The van der Waals surface area contributed by atoms with Gasteiger partial charge in [0.15, 0.2) is 0 Å². The highest BCUT2D eigenvalue weighted by molar-refractivity contribution is 6.30. The van der Waals surface area contributed by atoms with Crippen molar-refractivity contribution < 1.29 is 4.39 Å². The van der Waals surface area contributed by atoms with Crippen LogP contribution in [-0.4, -0.2) is 13.1 Å². The van der Waals surface area contributed by atoms with E-state index in [1.54, 1.807) is 12.1 Å². The summed E-state index contributed by atoms with van der Waals surface area (Å²) in [4.78, 5) is 0. The van der Waals surface area contributed by atoms with Gasteiger partial charge in [-0.2, -0.15) is 0 Å². The van der Waals surface area contributed by atoms with Crippen LogP contribution in [0.15, 0.2) is 18.2 Å². The van der Waals surface area contributed by atoms with E-state index < -0.39 is 5.82 Å². The molecule has 0 aliphatic carbocycles. The van der Waals surface area contributed by atoms with E-state index in [1.807, 2.05) is 0 Å². The number of hydrogen-bond donors (Lipinski definition) is 2.